The van der Waals surface area contributed by atoms with Crippen LogP contribution in [0, 0.1) is 6.92 Å². The van der Waals surface area contributed by atoms with Gasteiger partial charge in [-0.1, -0.05) is 17.7 Å². The molecule has 0 unspecified atom stereocenters. The predicted octanol–water partition coefficient (Wildman–Crippen LogP) is 4.08. The number of furan rings is 1. The van der Waals surface area contributed by atoms with Gasteiger partial charge in [0.05, 0.1) is 12.0 Å². The van der Waals surface area contributed by atoms with Crippen LogP contribution in [-0.2, 0) is 0 Å². The number of nitrogens with zero attached hydrogens (tertiary/aromatic N) is 1. The van der Waals surface area contributed by atoms with Crippen LogP contribution in [0.4, 0.5) is 5.69 Å². The highest BCUT2D eigenvalue weighted by Gasteiger charge is 2.00. The van der Waals surface area contributed by atoms with Crippen LogP contribution in [0.5, 0.6) is 0 Å². The van der Waals surface area contributed by atoms with Gasteiger partial charge in [0.15, 0.2) is 0 Å². The first-order chi connectivity index (χ1) is 8.16. The fraction of sp³-hybridized carbons (Fsp3) is 0.154. The zero-order valence-corrected chi connectivity index (χ0v) is 10.5. The molecule has 4 heteroatoms. The molecule has 3 nitrogen and oxygen atoms in total. The van der Waals surface area contributed by atoms with Gasteiger partial charge < -0.3 is 4.42 Å². The van der Waals surface area contributed by atoms with Crippen LogP contribution >= 0.6 is 11.6 Å². The Hall–Kier alpha value is -1.74. The van der Waals surface area contributed by atoms with E-state index < -0.39 is 0 Å². The lowest BCUT2D eigenvalue weighted by Gasteiger charge is -2.04. The summed E-state index contributed by atoms with van der Waals surface area (Å²) in [6.07, 6.45) is 1.62. The molecule has 1 aromatic heterocycles. The molecular formula is C13H13ClN2O. The van der Waals surface area contributed by atoms with E-state index in [1.807, 2.05) is 44.2 Å². The molecule has 1 aromatic carbocycles. The van der Waals surface area contributed by atoms with Gasteiger partial charge in [0, 0.05) is 5.02 Å². The molecule has 0 radical (unpaired) electrons. The van der Waals surface area contributed by atoms with Crippen LogP contribution in [0.25, 0.3) is 0 Å². The molecule has 88 valence electrons. The van der Waals surface area contributed by atoms with E-state index in [0.29, 0.717) is 0 Å². The topological polar surface area (TPSA) is 37.5 Å². The van der Waals surface area contributed by atoms with Gasteiger partial charge in [-0.25, -0.2) is 0 Å². The quantitative estimate of drug-likeness (QED) is 0.657. The number of aryl methyl sites for hydroxylation is 1. The Labute approximate surface area is 105 Å². The highest BCUT2D eigenvalue weighted by molar-refractivity contribution is 6.31. The molecule has 0 saturated heterocycles. The van der Waals surface area contributed by atoms with E-state index >= 15 is 0 Å². The first-order valence-electron chi connectivity index (χ1n) is 5.27. The van der Waals surface area contributed by atoms with Crippen molar-refractivity contribution < 1.29 is 4.42 Å². The molecule has 1 heterocycles. The first kappa shape index (κ1) is 11.7. The van der Waals surface area contributed by atoms with Crippen molar-refractivity contribution in [3.8, 4) is 0 Å². The SMILES string of the molecule is C/C(=N\Nc1ccc(C)c(Cl)c1)c1ccco1. The fourth-order valence-corrected chi connectivity index (χ4v) is 1.53. The van der Waals surface area contributed by atoms with Gasteiger partial charge in [-0.3, -0.25) is 5.43 Å². The van der Waals surface area contributed by atoms with E-state index in [-0.39, 0.29) is 0 Å². The van der Waals surface area contributed by atoms with Crippen molar-refractivity contribution >= 4 is 23.0 Å². The number of hydrazone groups is 1. The Morgan fingerprint density at radius 1 is 1.35 bits per heavy atom. The lowest BCUT2D eigenvalue weighted by atomic mass is 10.2. The van der Waals surface area contributed by atoms with Gasteiger partial charge in [-0.2, -0.15) is 5.10 Å². The summed E-state index contributed by atoms with van der Waals surface area (Å²) in [5.41, 5.74) is 5.63. The Balaban J connectivity index is 2.11. The van der Waals surface area contributed by atoms with E-state index in [2.05, 4.69) is 10.5 Å². The molecule has 0 amide bonds. The summed E-state index contributed by atoms with van der Waals surface area (Å²) < 4.78 is 5.23. The van der Waals surface area contributed by atoms with Crippen LogP contribution in [0.15, 0.2) is 46.1 Å². The number of hydrogen-bond acceptors (Lipinski definition) is 3. The van der Waals surface area contributed by atoms with E-state index in [1.54, 1.807) is 6.26 Å². The molecule has 2 aromatic rings. The highest BCUT2D eigenvalue weighted by Crippen LogP contribution is 2.20. The lowest BCUT2D eigenvalue weighted by Crippen LogP contribution is -1.98. The van der Waals surface area contributed by atoms with Gasteiger partial charge in [-0.05, 0) is 43.7 Å². The van der Waals surface area contributed by atoms with E-state index in [4.69, 9.17) is 16.0 Å². The number of rotatable bonds is 3. The third kappa shape index (κ3) is 2.88. The molecule has 1 N–H and O–H groups in total. The summed E-state index contributed by atoms with van der Waals surface area (Å²) in [6.45, 7) is 3.84. The monoisotopic (exact) mass is 248 g/mol. The fourth-order valence-electron chi connectivity index (χ4n) is 1.35. The number of hydrogen-bond donors (Lipinski definition) is 1. The molecule has 0 aliphatic heterocycles. The molecule has 0 atom stereocenters. The van der Waals surface area contributed by atoms with Crippen molar-refractivity contribution in [1.82, 2.24) is 0 Å². The molecule has 0 aliphatic rings. The third-order valence-corrected chi connectivity index (χ3v) is 2.81. The van der Waals surface area contributed by atoms with Crippen LogP contribution in [0.1, 0.15) is 18.2 Å². The summed E-state index contributed by atoms with van der Waals surface area (Å²) in [4.78, 5) is 0. The first-order valence-corrected chi connectivity index (χ1v) is 5.65. The summed E-state index contributed by atoms with van der Waals surface area (Å²) in [6, 6.07) is 9.41. The Morgan fingerprint density at radius 2 is 2.18 bits per heavy atom. The number of nitrogens with one attached hydrogen (secondary N) is 1. The molecule has 0 spiro atoms. The summed E-state index contributed by atoms with van der Waals surface area (Å²) in [7, 11) is 0. The predicted molar refractivity (Wildman–Crippen MR) is 70.7 cm³/mol. The average Bonchev–Trinajstić information content (AvgIpc) is 2.84. The summed E-state index contributed by atoms with van der Waals surface area (Å²) in [5.74, 6) is 0.746. The molecule has 0 fully saturated rings. The van der Waals surface area contributed by atoms with Crippen molar-refractivity contribution in [3.05, 3.63) is 52.9 Å². The molecular weight excluding hydrogens is 236 g/mol. The van der Waals surface area contributed by atoms with Gasteiger partial charge in [0.2, 0.25) is 0 Å². The zero-order valence-electron chi connectivity index (χ0n) is 9.70. The van der Waals surface area contributed by atoms with Gasteiger partial charge in [-0.15, -0.1) is 0 Å². The van der Waals surface area contributed by atoms with Gasteiger partial charge in [0.1, 0.15) is 11.5 Å². The lowest BCUT2D eigenvalue weighted by molar-refractivity contribution is 0.557. The van der Waals surface area contributed by atoms with Crippen LogP contribution in [0.3, 0.4) is 0 Å². The minimum atomic E-state index is 0.723. The maximum atomic E-state index is 6.02. The van der Waals surface area contributed by atoms with E-state index in [0.717, 1.165) is 27.7 Å². The van der Waals surface area contributed by atoms with E-state index in [1.165, 1.54) is 0 Å². The van der Waals surface area contributed by atoms with Gasteiger partial charge in [0.25, 0.3) is 0 Å². The standard InChI is InChI=1S/C13H13ClN2O/c1-9-5-6-11(8-12(9)14)16-15-10(2)13-4-3-7-17-13/h3-8,16H,1-2H3/b15-10+. The second-order valence-electron chi connectivity index (χ2n) is 3.75. The molecule has 0 saturated carbocycles. The van der Waals surface area contributed by atoms with Crippen LogP contribution in [-0.4, -0.2) is 5.71 Å². The summed E-state index contributed by atoms with van der Waals surface area (Å²) >= 11 is 6.02. The van der Waals surface area contributed by atoms with Crippen molar-refractivity contribution in [3.63, 3.8) is 0 Å². The minimum Gasteiger partial charge on any atom is -0.463 e. The Bertz CT molecular complexity index is 532. The average molecular weight is 249 g/mol. The zero-order chi connectivity index (χ0) is 12.3. The van der Waals surface area contributed by atoms with Crippen molar-refractivity contribution in [2.24, 2.45) is 5.10 Å². The maximum absolute atomic E-state index is 6.02. The van der Waals surface area contributed by atoms with Gasteiger partial charge >= 0.3 is 0 Å². The molecule has 2 rings (SSSR count). The Kier molecular flexibility index (Phi) is 3.49. The maximum Gasteiger partial charge on any atom is 0.149 e. The molecule has 0 aliphatic carbocycles. The second-order valence-corrected chi connectivity index (χ2v) is 4.16. The van der Waals surface area contributed by atoms with Crippen LogP contribution in [0.2, 0.25) is 5.02 Å². The number of halogens is 1. The molecule has 0 bridgehead atoms. The summed E-state index contributed by atoms with van der Waals surface area (Å²) in [5, 5.41) is 4.94. The minimum absolute atomic E-state index is 0.723. The number of benzene rings is 1. The largest absolute Gasteiger partial charge is 0.463 e. The molecule has 17 heavy (non-hydrogen) atoms. The highest BCUT2D eigenvalue weighted by atomic mass is 35.5. The number of anilines is 1. The second kappa shape index (κ2) is 5.06. The normalized spacial score (nSPS) is 11.6. The van der Waals surface area contributed by atoms with Crippen LogP contribution < -0.4 is 5.43 Å². The van der Waals surface area contributed by atoms with Crippen molar-refractivity contribution in [2.45, 2.75) is 13.8 Å². The third-order valence-electron chi connectivity index (χ3n) is 2.40. The van der Waals surface area contributed by atoms with Crippen molar-refractivity contribution in [1.29, 1.82) is 0 Å². The Morgan fingerprint density at radius 3 is 2.82 bits per heavy atom. The van der Waals surface area contributed by atoms with Crippen molar-refractivity contribution in [2.75, 3.05) is 5.43 Å². The van der Waals surface area contributed by atoms with E-state index in [9.17, 15) is 0 Å². The smallest absolute Gasteiger partial charge is 0.149 e.